The van der Waals surface area contributed by atoms with Crippen molar-refractivity contribution in [2.24, 2.45) is 5.92 Å². The first-order chi connectivity index (χ1) is 6.99. The van der Waals surface area contributed by atoms with Gasteiger partial charge in [0.15, 0.2) is 0 Å². The van der Waals surface area contributed by atoms with Crippen LogP contribution in [-0.2, 0) is 14.8 Å². The average Bonchev–Trinajstić information content (AvgIpc) is 2.15. The molecule has 0 spiro atoms. The van der Waals surface area contributed by atoms with E-state index in [4.69, 9.17) is 4.74 Å². The molecule has 0 aromatic heterocycles. The Morgan fingerprint density at radius 2 is 1.93 bits per heavy atom. The topological polar surface area (TPSA) is 55.4 Å². The third-order valence-electron chi connectivity index (χ3n) is 2.55. The Bertz CT molecular complexity index is 268. The number of nitrogens with one attached hydrogen (secondary N) is 1. The van der Waals surface area contributed by atoms with E-state index < -0.39 is 10.0 Å². The average molecular weight is 235 g/mol. The van der Waals surface area contributed by atoms with Crippen LogP contribution in [0.25, 0.3) is 0 Å². The molecular formula is C10H21NO3S. The second-order valence-corrected chi connectivity index (χ2v) is 6.31. The molecule has 1 aliphatic heterocycles. The maximum Gasteiger partial charge on any atom is 0.211 e. The zero-order valence-electron chi connectivity index (χ0n) is 9.53. The molecule has 0 aromatic rings. The molecule has 1 aliphatic rings. The Morgan fingerprint density at radius 1 is 1.33 bits per heavy atom. The van der Waals surface area contributed by atoms with Crippen LogP contribution in [0, 0.1) is 5.92 Å². The molecule has 0 radical (unpaired) electrons. The van der Waals surface area contributed by atoms with Crippen LogP contribution < -0.4 is 4.72 Å². The summed E-state index contributed by atoms with van der Waals surface area (Å²) in [4.78, 5) is 0. The van der Waals surface area contributed by atoms with E-state index >= 15 is 0 Å². The molecule has 0 atom stereocenters. The summed E-state index contributed by atoms with van der Waals surface area (Å²) in [6.07, 6.45) is 2.75. The lowest BCUT2D eigenvalue weighted by atomic mass is 9.98. The Balaban J connectivity index is 2.28. The van der Waals surface area contributed by atoms with E-state index in [1.807, 2.05) is 13.8 Å². The summed E-state index contributed by atoms with van der Waals surface area (Å²) in [5.41, 5.74) is 0. The smallest absolute Gasteiger partial charge is 0.211 e. The van der Waals surface area contributed by atoms with Crippen LogP contribution in [0.5, 0.6) is 0 Å². The quantitative estimate of drug-likeness (QED) is 0.777. The van der Waals surface area contributed by atoms with Gasteiger partial charge in [0.05, 0.1) is 5.75 Å². The number of hydrogen-bond acceptors (Lipinski definition) is 3. The first-order valence-electron chi connectivity index (χ1n) is 5.57. The van der Waals surface area contributed by atoms with Gasteiger partial charge in [0.2, 0.25) is 10.0 Å². The highest BCUT2D eigenvalue weighted by atomic mass is 32.2. The van der Waals surface area contributed by atoms with Crippen molar-refractivity contribution in [3.05, 3.63) is 0 Å². The lowest BCUT2D eigenvalue weighted by Crippen LogP contribution is -2.33. The predicted octanol–water partition coefficient (Wildman–Crippen LogP) is 1.13. The molecule has 0 bridgehead atoms. The molecule has 15 heavy (non-hydrogen) atoms. The predicted molar refractivity (Wildman–Crippen MR) is 60.2 cm³/mol. The van der Waals surface area contributed by atoms with E-state index in [1.165, 1.54) is 0 Å². The van der Waals surface area contributed by atoms with Crippen molar-refractivity contribution in [2.45, 2.75) is 39.2 Å². The van der Waals surface area contributed by atoms with Gasteiger partial charge in [0, 0.05) is 19.3 Å². The summed E-state index contributed by atoms with van der Waals surface area (Å²) in [6, 6.07) is -0.00955. The minimum atomic E-state index is -3.07. The molecule has 0 unspecified atom stereocenters. The summed E-state index contributed by atoms with van der Waals surface area (Å²) in [5.74, 6) is 0.762. The van der Waals surface area contributed by atoms with Crippen LogP contribution in [0.3, 0.4) is 0 Å². The van der Waals surface area contributed by atoms with Gasteiger partial charge in [-0.1, -0.05) is 0 Å². The lowest BCUT2D eigenvalue weighted by molar-refractivity contribution is 0.0655. The van der Waals surface area contributed by atoms with Gasteiger partial charge in [-0.25, -0.2) is 13.1 Å². The van der Waals surface area contributed by atoms with Crippen LogP contribution in [0.15, 0.2) is 0 Å². The third kappa shape index (κ3) is 5.49. The fraction of sp³-hybridized carbons (Fsp3) is 1.00. The highest BCUT2D eigenvalue weighted by molar-refractivity contribution is 7.89. The van der Waals surface area contributed by atoms with E-state index in [2.05, 4.69) is 4.72 Å². The van der Waals surface area contributed by atoms with Gasteiger partial charge >= 0.3 is 0 Å². The van der Waals surface area contributed by atoms with Crippen molar-refractivity contribution in [1.29, 1.82) is 0 Å². The van der Waals surface area contributed by atoms with Crippen LogP contribution in [0.4, 0.5) is 0 Å². The highest BCUT2D eigenvalue weighted by Gasteiger charge is 2.18. The fourth-order valence-corrected chi connectivity index (χ4v) is 3.25. The SMILES string of the molecule is CC(C)NS(=O)(=O)CCC1CCOCC1. The lowest BCUT2D eigenvalue weighted by Gasteiger charge is -2.21. The Kier molecular flexibility index (Phi) is 5.02. The van der Waals surface area contributed by atoms with Gasteiger partial charge in [-0.15, -0.1) is 0 Å². The van der Waals surface area contributed by atoms with Gasteiger partial charge in [-0.05, 0) is 39.0 Å². The van der Waals surface area contributed by atoms with Crippen molar-refractivity contribution in [1.82, 2.24) is 4.72 Å². The van der Waals surface area contributed by atoms with Crippen molar-refractivity contribution in [3.8, 4) is 0 Å². The summed E-state index contributed by atoms with van der Waals surface area (Å²) in [5, 5.41) is 0. The Morgan fingerprint density at radius 3 is 2.47 bits per heavy atom. The first-order valence-corrected chi connectivity index (χ1v) is 7.22. The molecule has 5 heteroatoms. The van der Waals surface area contributed by atoms with E-state index in [1.54, 1.807) is 0 Å². The molecule has 1 N–H and O–H groups in total. The molecular weight excluding hydrogens is 214 g/mol. The van der Waals surface area contributed by atoms with Crippen LogP contribution >= 0.6 is 0 Å². The number of rotatable bonds is 5. The number of hydrogen-bond donors (Lipinski definition) is 1. The van der Waals surface area contributed by atoms with Gasteiger partial charge < -0.3 is 4.74 Å². The van der Waals surface area contributed by atoms with Crippen molar-refractivity contribution < 1.29 is 13.2 Å². The Hall–Kier alpha value is -0.130. The number of sulfonamides is 1. The van der Waals surface area contributed by atoms with Gasteiger partial charge in [0.1, 0.15) is 0 Å². The Labute approximate surface area is 92.4 Å². The highest BCUT2D eigenvalue weighted by Crippen LogP contribution is 2.18. The minimum absolute atomic E-state index is 0.00955. The summed E-state index contributed by atoms with van der Waals surface area (Å²) < 4.78 is 30.9. The van der Waals surface area contributed by atoms with Gasteiger partial charge in [-0.2, -0.15) is 0 Å². The van der Waals surface area contributed by atoms with E-state index in [-0.39, 0.29) is 11.8 Å². The van der Waals surface area contributed by atoms with Crippen molar-refractivity contribution >= 4 is 10.0 Å². The second kappa shape index (κ2) is 5.82. The monoisotopic (exact) mass is 235 g/mol. The first kappa shape index (κ1) is 12.9. The molecule has 1 saturated heterocycles. The molecule has 4 nitrogen and oxygen atoms in total. The molecule has 0 aliphatic carbocycles. The zero-order chi connectivity index (χ0) is 11.3. The van der Waals surface area contributed by atoms with Crippen molar-refractivity contribution in [3.63, 3.8) is 0 Å². The van der Waals surface area contributed by atoms with Gasteiger partial charge in [-0.3, -0.25) is 0 Å². The van der Waals surface area contributed by atoms with Crippen LogP contribution in [-0.4, -0.2) is 33.4 Å². The molecule has 0 aromatic carbocycles. The molecule has 0 amide bonds. The largest absolute Gasteiger partial charge is 0.381 e. The number of ether oxygens (including phenoxy) is 1. The maximum atomic E-state index is 11.5. The summed E-state index contributed by atoms with van der Waals surface area (Å²) in [6.45, 7) is 5.24. The molecule has 1 fully saturated rings. The molecule has 0 saturated carbocycles. The third-order valence-corrected chi connectivity index (χ3v) is 4.15. The van der Waals surface area contributed by atoms with E-state index in [0.29, 0.717) is 5.92 Å². The standard InChI is InChI=1S/C10H21NO3S/c1-9(2)11-15(12,13)8-5-10-3-6-14-7-4-10/h9-11H,3-8H2,1-2H3. The van der Waals surface area contributed by atoms with Crippen molar-refractivity contribution in [2.75, 3.05) is 19.0 Å². The normalized spacial score (nSPS) is 19.7. The second-order valence-electron chi connectivity index (χ2n) is 4.44. The van der Waals surface area contributed by atoms with Crippen LogP contribution in [0.1, 0.15) is 33.1 Å². The fourth-order valence-electron chi connectivity index (χ4n) is 1.77. The minimum Gasteiger partial charge on any atom is -0.381 e. The summed E-state index contributed by atoms with van der Waals surface area (Å²) >= 11 is 0. The molecule has 1 heterocycles. The van der Waals surface area contributed by atoms with E-state index in [0.717, 1.165) is 32.5 Å². The van der Waals surface area contributed by atoms with Gasteiger partial charge in [0.25, 0.3) is 0 Å². The molecule has 1 rings (SSSR count). The summed E-state index contributed by atoms with van der Waals surface area (Å²) in [7, 11) is -3.07. The van der Waals surface area contributed by atoms with E-state index in [9.17, 15) is 8.42 Å². The molecule has 90 valence electrons. The maximum absolute atomic E-state index is 11.5. The van der Waals surface area contributed by atoms with Crippen LogP contribution in [0.2, 0.25) is 0 Å². The zero-order valence-corrected chi connectivity index (χ0v) is 10.3.